The van der Waals surface area contributed by atoms with Gasteiger partial charge in [0.25, 0.3) is 0 Å². The second-order valence-corrected chi connectivity index (χ2v) is 8.42. The quantitative estimate of drug-likeness (QED) is 0.692. The highest BCUT2D eigenvalue weighted by atomic mass is 32.2. The number of nitrogens with one attached hydrogen (secondary N) is 1. The molecule has 1 amide bonds. The molecular formula is C20H26N2O5S. The van der Waals surface area contributed by atoms with Crippen molar-refractivity contribution in [1.29, 1.82) is 0 Å². The summed E-state index contributed by atoms with van der Waals surface area (Å²) in [5, 5.41) is 2.82. The van der Waals surface area contributed by atoms with Crippen molar-refractivity contribution in [1.82, 2.24) is 4.31 Å². The van der Waals surface area contributed by atoms with E-state index in [9.17, 15) is 13.2 Å². The van der Waals surface area contributed by atoms with Crippen LogP contribution in [0.1, 0.15) is 18.9 Å². The maximum atomic E-state index is 12.3. The molecular weight excluding hydrogens is 380 g/mol. The van der Waals surface area contributed by atoms with Gasteiger partial charge in [0.1, 0.15) is 11.5 Å². The van der Waals surface area contributed by atoms with Crippen LogP contribution in [0, 0.1) is 0 Å². The van der Waals surface area contributed by atoms with Crippen LogP contribution in [-0.4, -0.2) is 46.4 Å². The van der Waals surface area contributed by atoms with Crippen LogP contribution < -0.4 is 14.8 Å². The van der Waals surface area contributed by atoms with Crippen molar-refractivity contribution in [3.05, 3.63) is 48.0 Å². The average Bonchev–Trinajstić information content (AvgIpc) is 2.67. The van der Waals surface area contributed by atoms with Gasteiger partial charge in [0.05, 0.1) is 18.6 Å². The molecule has 0 aliphatic rings. The number of aryl methyl sites for hydroxylation is 1. The molecule has 0 radical (unpaired) electrons. The Labute approximate surface area is 166 Å². The molecule has 0 unspecified atom stereocenters. The van der Waals surface area contributed by atoms with Crippen LogP contribution in [0.25, 0.3) is 0 Å². The summed E-state index contributed by atoms with van der Waals surface area (Å²) < 4.78 is 36.5. The molecule has 0 aromatic heterocycles. The molecule has 0 saturated carbocycles. The van der Waals surface area contributed by atoms with E-state index in [1.54, 1.807) is 36.4 Å². The van der Waals surface area contributed by atoms with Crippen LogP contribution in [0.2, 0.25) is 0 Å². The molecule has 0 fully saturated rings. The Morgan fingerprint density at radius 1 is 1.11 bits per heavy atom. The molecule has 0 heterocycles. The lowest BCUT2D eigenvalue weighted by molar-refractivity contribution is -0.116. The number of nitrogens with zero attached hydrogens (tertiary/aromatic N) is 1. The minimum absolute atomic E-state index is 0.167. The van der Waals surface area contributed by atoms with Gasteiger partial charge in [-0.3, -0.25) is 4.79 Å². The van der Waals surface area contributed by atoms with E-state index in [1.165, 1.54) is 27.3 Å². The lowest BCUT2D eigenvalue weighted by Crippen LogP contribution is -2.22. The summed E-state index contributed by atoms with van der Waals surface area (Å²) >= 11 is 0. The standard InChI is InChI=1S/C20H26N2O5S/c1-5-27-17-9-7-16(8-10-17)21-20(23)13-6-15-14-18(11-12-19(15)26-4)28(24,25)22(2)3/h7-12,14H,5-6,13H2,1-4H3,(H,21,23). The third-order valence-electron chi connectivity index (χ3n) is 4.10. The number of ether oxygens (including phenoxy) is 2. The van der Waals surface area contributed by atoms with Gasteiger partial charge in [-0.2, -0.15) is 0 Å². The topological polar surface area (TPSA) is 84.9 Å². The zero-order valence-electron chi connectivity index (χ0n) is 16.6. The fraction of sp³-hybridized carbons (Fsp3) is 0.350. The van der Waals surface area contributed by atoms with E-state index in [-0.39, 0.29) is 17.2 Å². The minimum atomic E-state index is -3.56. The summed E-state index contributed by atoms with van der Waals surface area (Å²) in [5.74, 6) is 1.11. The van der Waals surface area contributed by atoms with Gasteiger partial charge < -0.3 is 14.8 Å². The van der Waals surface area contributed by atoms with Crippen molar-refractivity contribution in [3.8, 4) is 11.5 Å². The Morgan fingerprint density at radius 2 is 1.79 bits per heavy atom. The molecule has 7 nitrogen and oxygen atoms in total. The summed E-state index contributed by atoms with van der Waals surface area (Å²) in [4.78, 5) is 12.4. The highest BCUT2D eigenvalue weighted by molar-refractivity contribution is 7.89. The zero-order chi connectivity index (χ0) is 20.7. The van der Waals surface area contributed by atoms with Crippen LogP contribution >= 0.6 is 0 Å². The number of hydrogen-bond donors (Lipinski definition) is 1. The van der Waals surface area contributed by atoms with Crippen LogP contribution in [-0.2, 0) is 21.2 Å². The average molecular weight is 407 g/mol. The lowest BCUT2D eigenvalue weighted by Gasteiger charge is -2.14. The number of benzene rings is 2. The highest BCUT2D eigenvalue weighted by Gasteiger charge is 2.19. The maximum absolute atomic E-state index is 12.3. The van der Waals surface area contributed by atoms with Crippen molar-refractivity contribution in [2.45, 2.75) is 24.7 Å². The fourth-order valence-electron chi connectivity index (χ4n) is 2.59. The molecule has 28 heavy (non-hydrogen) atoms. The summed E-state index contributed by atoms with van der Waals surface area (Å²) in [6.07, 6.45) is 0.540. The van der Waals surface area contributed by atoms with Gasteiger partial charge in [0.15, 0.2) is 0 Å². The van der Waals surface area contributed by atoms with E-state index in [0.717, 1.165) is 10.1 Å². The molecule has 2 aromatic rings. The number of carbonyl (C=O) groups is 1. The van der Waals surface area contributed by atoms with Gasteiger partial charge in [-0.05, 0) is 61.4 Å². The Bertz CT molecular complexity index is 909. The first-order chi connectivity index (χ1) is 13.3. The first-order valence-electron chi connectivity index (χ1n) is 8.90. The van der Waals surface area contributed by atoms with Gasteiger partial charge >= 0.3 is 0 Å². The van der Waals surface area contributed by atoms with Crippen molar-refractivity contribution in [2.75, 3.05) is 33.1 Å². The van der Waals surface area contributed by atoms with E-state index >= 15 is 0 Å². The second-order valence-electron chi connectivity index (χ2n) is 6.27. The number of anilines is 1. The van der Waals surface area contributed by atoms with Gasteiger partial charge in [0.2, 0.25) is 15.9 Å². The summed E-state index contributed by atoms with van der Waals surface area (Å²) in [6, 6.07) is 11.8. The molecule has 8 heteroatoms. The van der Waals surface area contributed by atoms with Crippen molar-refractivity contribution in [3.63, 3.8) is 0 Å². The number of amides is 1. The van der Waals surface area contributed by atoms with Crippen molar-refractivity contribution < 1.29 is 22.7 Å². The molecule has 2 rings (SSSR count). The van der Waals surface area contributed by atoms with Gasteiger partial charge in [-0.1, -0.05) is 0 Å². The zero-order valence-corrected chi connectivity index (χ0v) is 17.4. The normalized spacial score (nSPS) is 11.3. The number of carbonyl (C=O) groups excluding carboxylic acids is 1. The third kappa shape index (κ3) is 5.46. The van der Waals surface area contributed by atoms with Crippen LogP contribution in [0.5, 0.6) is 11.5 Å². The molecule has 0 atom stereocenters. The molecule has 2 aromatic carbocycles. The van der Waals surface area contributed by atoms with Crippen molar-refractivity contribution in [2.24, 2.45) is 0 Å². The van der Waals surface area contributed by atoms with Crippen LogP contribution in [0.4, 0.5) is 5.69 Å². The predicted octanol–water partition coefficient (Wildman–Crippen LogP) is 2.92. The molecule has 1 N–H and O–H groups in total. The van der Waals surface area contributed by atoms with E-state index < -0.39 is 10.0 Å². The molecule has 152 valence electrons. The smallest absolute Gasteiger partial charge is 0.242 e. The molecule has 0 aliphatic heterocycles. The Kier molecular flexibility index (Phi) is 7.42. The Hall–Kier alpha value is -2.58. The van der Waals surface area contributed by atoms with Crippen molar-refractivity contribution >= 4 is 21.6 Å². The first kappa shape index (κ1) is 21.7. The number of sulfonamides is 1. The van der Waals surface area contributed by atoms with E-state index in [1.807, 2.05) is 6.92 Å². The van der Waals surface area contributed by atoms with E-state index in [0.29, 0.717) is 30.0 Å². The van der Waals surface area contributed by atoms with Gasteiger partial charge in [0, 0.05) is 26.2 Å². The van der Waals surface area contributed by atoms with Crippen LogP contribution in [0.15, 0.2) is 47.4 Å². The molecule has 0 bridgehead atoms. The lowest BCUT2D eigenvalue weighted by atomic mass is 10.1. The third-order valence-corrected chi connectivity index (χ3v) is 5.91. The summed E-state index contributed by atoms with van der Waals surface area (Å²) in [6.45, 7) is 2.49. The number of hydrogen-bond acceptors (Lipinski definition) is 5. The predicted molar refractivity (Wildman–Crippen MR) is 108 cm³/mol. The first-order valence-corrected chi connectivity index (χ1v) is 10.3. The van der Waals surface area contributed by atoms with Gasteiger partial charge in [-0.25, -0.2) is 12.7 Å². The molecule has 0 aliphatic carbocycles. The van der Waals surface area contributed by atoms with Crippen LogP contribution in [0.3, 0.4) is 0 Å². The van der Waals surface area contributed by atoms with Gasteiger partial charge in [-0.15, -0.1) is 0 Å². The Balaban J connectivity index is 2.07. The number of rotatable bonds is 9. The largest absolute Gasteiger partial charge is 0.496 e. The summed E-state index contributed by atoms with van der Waals surface area (Å²) in [5.41, 5.74) is 1.33. The highest BCUT2D eigenvalue weighted by Crippen LogP contribution is 2.25. The second kappa shape index (κ2) is 9.57. The van der Waals surface area contributed by atoms with E-state index in [2.05, 4.69) is 5.32 Å². The maximum Gasteiger partial charge on any atom is 0.242 e. The van der Waals surface area contributed by atoms with E-state index in [4.69, 9.17) is 9.47 Å². The monoisotopic (exact) mass is 406 g/mol. The molecule has 0 spiro atoms. The Morgan fingerprint density at radius 3 is 2.36 bits per heavy atom. The fourth-order valence-corrected chi connectivity index (χ4v) is 3.55. The summed E-state index contributed by atoms with van der Waals surface area (Å²) in [7, 11) is 0.909. The molecule has 0 saturated heterocycles. The SMILES string of the molecule is CCOc1ccc(NC(=O)CCc2cc(S(=O)(=O)N(C)C)ccc2OC)cc1. The number of methoxy groups -OCH3 is 1. The minimum Gasteiger partial charge on any atom is -0.496 e.